The number of carboxylic acid groups (broad SMARTS) is 1. The van der Waals surface area contributed by atoms with Crippen molar-refractivity contribution >= 4 is 44.5 Å². The fourth-order valence-corrected chi connectivity index (χ4v) is 2.50. The summed E-state index contributed by atoms with van der Waals surface area (Å²) in [6.07, 6.45) is 0. The SMILES string of the molecule is Br.Cc1sc2ccccc2[n+]1CC(=O)[O-]. The lowest BCUT2D eigenvalue weighted by Crippen LogP contribution is -2.44. The molecule has 15 heavy (non-hydrogen) atoms. The summed E-state index contributed by atoms with van der Waals surface area (Å²) >= 11 is 1.59. The van der Waals surface area contributed by atoms with Crippen LogP contribution in [0.4, 0.5) is 0 Å². The Morgan fingerprint density at radius 3 is 2.80 bits per heavy atom. The molecule has 5 heteroatoms. The molecular formula is C10H10BrNO2S. The first kappa shape index (κ1) is 12.1. The third-order valence-corrected chi connectivity index (χ3v) is 3.16. The van der Waals surface area contributed by atoms with Crippen molar-refractivity contribution in [2.45, 2.75) is 13.5 Å². The number of para-hydroxylation sites is 1. The van der Waals surface area contributed by atoms with E-state index >= 15 is 0 Å². The maximum Gasteiger partial charge on any atom is 0.235 e. The van der Waals surface area contributed by atoms with Crippen LogP contribution in [0, 0.1) is 6.92 Å². The summed E-state index contributed by atoms with van der Waals surface area (Å²) in [5.41, 5.74) is 0.958. The minimum Gasteiger partial charge on any atom is -0.544 e. The van der Waals surface area contributed by atoms with Gasteiger partial charge in [0.15, 0.2) is 6.54 Å². The molecule has 2 aromatic rings. The quantitative estimate of drug-likeness (QED) is 0.768. The molecule has 0 bridgehead atoms. The Balaban J connectivity index is 0.00000112. The highest BCUT2D eigenvalue weighted by molar-refractivity contribution is 8.93. The normalized spacial score (nSPS) is 9.93. The predicted molar refractivity (Wildman–Crippen MR) is 62.1 cm³/mol. The van der Waals surface area contributed by atoms with Crippen LogP contribution >= 0.6 is 28.3 Å². The summed E-state index contributed by atoms with van der Waals surface area (Å²) in [5, 5.41) is 11.5. The van der Waals surface area contributed by atoms with Gasteiger partial charge in [-0.05, 0) is 6.07 Å². The zero-order chi connectivity index (χ0) is 10.1. The molecule has 0 amide bonds. The second-order valence-electron chi connectivity index (χ2n) is 3.05. The molecule has 0 aliphatic rings. The number of halogens is 1. The van der Waals surface area contributed by atoms with E-state index in [0.29, 0.717) is 0 Å². The zero-order valence-corrected chi connectivity index (χ0v) is 10.6. The number of benzene rings is 1. The number of hydrogen-bond donors (Lipinski definition) is 0. The van der Waals surface area contributed by atoms with Gasteiger partial charge < -0.3 is 9.90 Å². The van der Waals surface area contributed by atoms with Gasteiger partial charge in [0.05, 0.1) is 0 Å². The van der Waals surface area contributed by atoms with E-state index in [2.05, 4.69) is 0 Å². The average Bonchev–Trinajstić information content (AvgIpc) is 2.43. The first-order valence-electron chi connectivity index (χ1n) is 4.26. The van der Waals surface area contributed by atoms with E-state index in [1.165, 1.54) is 0 Å². The Morgan fingerprint density at radius 1 is 1.47 bits per heavy atom. The minimum absolute atomic E-state index is 0. The molecule has 0 saturated heterocycles. The summed E-state index contributed by atoms with van der Waals surface area (Å²) in [7, 11) is 0. The molecule has 0 aliphatic carbocycles. The number of aromatic nitrogens is 1. The molecule has 0 atom stereocenters. The van der Waals surface area contributed by atoms with Crippen molar-refractivity contribution in [2.75, 3.05) is 0 Å². The lowest BCUT2D eigenvalue weighted by atomic mass is 10.3. The van der Waals surface area contributed by atoms with Gasteiger partial charge in [-0.2, -0.15) is 4.57 Å². The van der Waals surface area contributed by atoms with Gasteiger partial charge >= 0.3 is 0 Å². The maximum absolute atomic E-state index is 10.5. The van der Waals surface area contributed by atoms with Crippen molar-refractivity contribution in [3.63, 3.8) is 0 Å². The fraction of sp³-hybridized carbons (Fsp3) is 0.200. The Morgan fingerprint density at radius 2 is 2.13 bits per heavy atom. The van der Waals surface area contributed by atoms with Gasteiger partial charge in [-0.15, -0.1) is 17.0 Å². The molecule has 2 rings (SSSR count). The number of hydrogen-bond acceptors (Lipinski definition) is 3. The van der Waals surface area contributed by atoms with Crippen LogP contribution in [0.2, 0.25) is 0 Å². The first-order chi connectivity index (χ1) is 6.68. The smallest absolute Gasteiger partial charge is 0.235 e. The van der Waals surface area contributed by atoms with E-state index < -0.39 is 5.97 Å². The van der Waals surface area contributed by atoms with Gasteiger partial charge in [0.25, 0.3) is 0 Å². The Bertz CT molecular complexity index is 495. The fourth-order valence-electron chi connectivity index (χ4n) is 1.48. The Hall–Kier alpha value is -0.940. The van der Waals surface area contributed by atoms with E-state index in [4.69, 9.17) is 0 Å². The Kier molecular flexibility index (Phi) is 3.82. The molecule has 0 fully saturated rings. The molecule has 0 unspecified atom stereocenters. The van der Waals surface area contributed by atoms with E-state index in [-0.39, 0.29) is 23.5 Å². The molecule has 0 saturated carbocycles. The van der Waals surface area contributed by atoms with Gasteiger partial charge in [0, 0.05) is 13.0 Å². The lowest BCUT2D eigenvalue weighted by molar-refractivity contribution is -0.667. The van der Waals surface area contributed by atoms with E-state index in [0.717, 1.165) is 15.2 Å². The molecule has 0 radical (unpaired) electrons. The van der Waals surface area contributed by atoms with Gasteiger partial charge in [-0.3, -0.25) is 0 Å². The molecule has 1 heterocycles. The standard InChI is InChI=1S/C10H9NO2S.BrH/c1-7-11(6-10(12)13)8-4-2-3-5-9(8)14-7;/h2-5H,6H2,1H3;1H. The molecule has 1 aromatic heterocycles. The van der Waals surface area contributed by atoms with Gasteiger partial charge in [0.1, 0.15) is 10.7 Å². The maximum atomic E-state index is 10.5. The summed E-state index contributed by atoms with van der Waals surface area (Å²) in [6.45, 7) is 1.84. The van der Waals surface area contributed by atoms with Crippen LogP contribution in [0.1, 0.15) is 5.01 Å². The average molecular weight is 288 g/mol. The summed E-state index contributed by atoms with van der Waals surface area (Å²) in [5.74, 6) is -1.05. The molecular weight excluding hydrogens is 278 g/mol. The highest BCUT2D eigenvalue weighted by Crippen LogP contribution is 2.18. The molecule has 0 aliphatic heterocycles. The van der Waals surface area contributed by atoms with Crippen LogP contribution in [-0.2, 0) is 11.3 Å². The van der Waals surface area contributed by atoms with Gasteiger partial charge in [0.2, 0.25) is 10.5 Å². The summed E-state index contributed by atoms with van der Waals surface area (Å²) < 4.78 is 2.86. The zero-order valence-electron chi connectivity index (χ0n) is 8.10. The number of carboxylic acids is 1. The first-order valence-corrected chi connectivity index (χ1v) is 5.08. The van der Waals surface area contributed by atoms with E-state index in [1.807, 2.05) is 31.2 Å². The van der Waals surface area contributed by atoms with Crippen molar-refractivity contribution in [2.24, 2.45) is 0 Å². The van der Waals surface area contributed by atoms with E-state index in [1.54, 1.807) is 15.9 Å². The van der Waals surface area contributed by atoms with Gasteiger partial charge in [-0.1, -0.05) is 23.5 Å². The monoisotopic (exact) mass is 287 g/mol. The number of carbonyl (C=O) groups excluding carboxylic acids is 1. The number of aryl methyl sites for hydroxylation is 1. The number of nitrogens with zero attached hydrogens (tertiary/aromatic N) is 1. The number of rotatable bonds is 2. The highest BCUT2D eigenvalue weighted by Gasteiger charge is 2.15. The van der Waals surface area contributed by atoms with Crippen molar-refractivity contribution in [1.82, 2.24) is 0 Å². The molecule has 0 spiro atoms. The summed E-state index contributed by atoms with van der Waals surface area (Å²) in [6, 6.07) is 7.75. The second-order valence-corrected chi connectivity index (χ2v) is 4.28. The molecule has 0 N–H and O–H groups in total. The topological polar surface area (TPSA) is 44.0 Å². The van der Waals surface area contributed by atoms with E-state index in [9.17, 15) is 9.90 Å². The molecule has 80 valence electrons. The van der Waals surface area contributed by atoms with Crippen LogP contribution in [0.5, 0.6) is 0 Å². The van der Waals surface area contributed by atoms with Crippen molar-refractivity contribution in [3.05, 3.63) is 29.3 Å². The van der Waals surface area contributed by atoms with Crippen LogP contribution < -0.4 is 9.67 Å². The Labute approximate surface area is 102 Å². The van der Waals surface area contributed by atoms with Crippen molar-refractivity contribution in [3.8, 4) is 0 Å². The van der Waals surface area contributed by atoms with Crippen LogP contribution in [-0.4, -0.2) is 5.97 Å². The molecule has 3 nitrogen and oxygen atoms in total. The lowest BCUT2D eigenvalue weighted by Gasteiger charge is -1.96. The number of carbonyl (C=O) groups is 1. The molecule has 1 aromatic carbocycles. The highest BCUT2D eigenvalue weighted by atomic mass is 79.9. The third-order valence-electron chi connectivity index (χ3n) is 2.08. The van der Waals surface area contributed by atoms with Crippen molar-refractivity contribution < 1.29 is 14.5 Å². The summed E-state index contributed by atoms with van der Waals surface area (Å²) in [4.78, 5) is 10.5. The largest absolute Gasteiger partial charge is 0.544 e. The van der Waals surface area contributed by atoms with Crippen LogP contribution in [0.15, 0.2) is 24.3 Å². The number of fused-ring (bicyclic) bond motifs is 1. The number of thiazole rings is 1. The van der Waals surface area contributed by atoms with Crippen molar-refractivity contribution in [1.29, 1.82) is 0 Å². The minimum atomic E-state index is -1.05. The van der Waals surface area contributed by atoms with Crippen LogP contribution in [0.25, 0.3) is 10.2 Å². The second kappa shape index (κ2) is 4.72. The number of aliphatic carboxylic acids is 1. The third kappa shape index (κ3) is 2.35. The van der Waals surface area contributed by atoms with Crippen LogP contribution in [0.3, 0.4) is 0 Å². The van der Waals surface area contributed by atoms with Gasteiger partial charge in [-0.25, -0.2) is 0 Å². The predicted octanol–water partition coefficient (Wildman–Crippen LogP) is 0.825.